The number of aromatic hydroxyl groups is 1. The normalized spacial score (nSPS) is 17.0. The van der Waals surface area contributed by atoms with E-state index in [-0.39, 0.29) is 24.2 Å². The standard InChI is InChI=1S/C10H11Br2NO.ClH/c11-6-3-7(9(13)5-1-2-5)10(14)8(12)4-6;/h3-5,9,14H,1-2,13H2;1H/t9-;/m0./s1. The van der Waals surface area contributed by atoms with Crippen LogP contribution in [0.1, 0.15) is 24.4 Å². The number of benzene rings is 1. The molecule has 0 bridgehead atoms. The van der Waals surface area contributed by atoms with Gasteiger partial charge in [-0.1, -0.05) is 15.9 Å². The zero-order chi connectivity index (χ0) is 10.3. The molecule has 1 aliphatic carbocycles. The fraction of sp³-hybridized carbons (Fsp3) is 0.400. The molecule has 0 aromatic heterocycles. The van der Waals surface area contributed by atoms with Crippen LogP contribution in [0.15, 0.2) is 21.1 Å². The second-order valence-corrected chi connectivity index (χ2v) is 5.46. The number of phenols is 1. The van der Waals surface area contributed by atoms with E-state index in [0.29, 0.717) is 10.4 Å². The van der Waals surface area contributed by atoms with Crippen LogP contribution >= 0.6 is 44.3 Å². The van der Waals surface area contributed by atoms with Crippen molar-refractivity contribution >= 4 is 44.3 Å². The maximum atomic E-state index is 9.82. The van der Waals surface area contributed by atoms with E-state index in [2.05, 4.69) is 31.9 Å². The van der Waals surface area contributed by atoms with Gasteiger partial charge in [-0.05, 0) is 46.8 Å². The van der Waals surface area contributed by atoms with E-state index < -0.39 is 0 Å². The number of nitrogens with two attached hydrogens (primary N) is 1. The van der Waals surface area contributed by atoms with Crippen LogP contribution in [-0.2, 0) is 0 Å². The van der Waals surface area contributed by atoms with E-state index >= 15 is 0 Å². The lowest BCUT2D eigenvalue weighted by Gasteiger charge is -2.14. The smallest absolute Gasteiger partial charge is 0.134 e. The Kier molecular flexibility index (Phi) is 4.47. The van der Waals surface area contributed by atoms with Gasteiger partial charge in [0.15, 0.2) is 0 Å². The highest BCUT2D eigenvalue weighted by Crippen LogP contribution is 2.44. The third-order valence-electron chi connectivity index (χ3n) is 2.55. The fourth-order valence-electron chi connectivity index (χ4n) is 1.55. The third kappa shape index (κ3) is 2.87. The average Bonchev–Trinajstić information content (AvgIpc) is 2.93. The van der Waals surface area contributed by atoms with Gasteiger partial charge in [-0.2, -0.15) is 0 Å². The molecule has 1 atom stereocenters. The molecule has 3 N–H and O–H groups in total. The first-order valence-corrected chi connectivity index (χ1v) is 6.11. The van der Waals surface area contributed by atoms with Gasteiger partial charge in [0.2, 0.25) is 0 Å². The molecular weight excluding hydrogens is 345 g/mol. The second-order valence-electron chi connectivity index (χ2n) is 3.69. The molecule has 2 rings (SSSR count). The lowest BCUT2D eigenvalue weighted by molar-refractivity contribution is 0.452. The first kappa shape index (κ1) is 13.3. The van der Waals surface area contributed by atoms with Crippen molar-refractivity contribution in [3.63, 3.8) is 0 Å². The van der Waals surface area contributed by atoms with E-state index in [1.54, 1.807) is 0 Å². The first-order chi connectivity index (χ1) is 6.59. The van der Waals surface area contributed by atoms with Crippen LogP contribution in [0.25, 0.3) is 0 Å². The Morgan fingerprint density at radius 1 is 1.33 bits per heavy atom. The Morgan fingerprint density at radius 3 is 2.47 bits per heavy atom. The number of rotatable bonds is 2. The van der Waals surface area contributed by atoms with Crippen molar-refractivity contribution in [2.75, 3.05) is 0 Å². The summed E-state index contributed by atoms with van der Waals surface area (Å²) in [5.74, 6) is 0.815. The summed E-state index contributed by atoms with van der Waals surface area (Å²) >= 11 is 6.69. The molecule has 2 nitrogen and oxygen atoms in total. The van der Waals surface area contributed by atoms with E-state index in [9.17, 15) is 5.11 Å². The topological polar surface area (TPSA) is 46.2 Å². The summed E-state index contributed by atoms with van der Waals surface area (Å²) < 4.78 is 1.63. The Morgan fingerprint density at radius 2 is 1.93 bits per heavy atom. The van der Waals surface area contributed by atoms with Crippen molar-refractivity contribution < 1.29 is 5.11 Å². The summed E-state index contributed by atoms with van der Waals surface area (Å²) in [6.07, 6.45) is 2.34. The zero-order valence-corrected chi connectivity index (χ0v) is 11.9. The minimum atomic E-state index is -0.0381. The fourth-order valence-corrected chi connectivity index (χ4v) is 2.81. The van der Waals surface area contributed by atoms with Crippen molar-refractivity contribution in [2.45, 2.75) is 18.9 Å². The molecule has 1 saturated carbocycles. The van der Waals surface area contributed by atoms with Crippen LogP contribution < -0.4 is 5.73 Å². The van der Waals surface area contributed by atoms with Crippen LogP contribution in [-0.4, -0.2) is 5.11 Å². The largest absolute Gasteiger partial charge is 0.506 e. The van der Waals surface area contributed by atoms with Gasteiger partial charge in [0, 0.05) is 16.1 Å². The summed E-state index contributed by atoms with van der Waals surface area (Å²) in [6.45, 7) is 0. The van der Waals surface area contributed by atoms with E-state index in [1.807, 2.05) is 12.1 Å². The number of halogens is 3. The van der Waals surface area contributed by atoms with Crippen molar-refractivity contribution in [2.24, 2.45) is 11.7 Å². The van der Waals surface area contributed by atoms with Gasteiger partial charge in [0.05, 0.1) is 4.47 Å². The molecule has 0 heterocycles. The van der Waals surface area contributed by atoms with Gasteiger partial charge in [0.25, 0.3) is 0 Å². The maximum Gasteiger partial charge on any atom is 0.134 e. The van der Waals surface area contributed by atoms with E-state index in [4.69, 9.17) is 5.73 Å². The number of hydrogen-bond acceptors (Lipinski definition) is 2. The van der Waals surface area contributed by atoms with Gasteiger partial charge in [-0.15, -0.1) is 12.4 Å². The van der Waals surface area contributed by atoms with E-state index in [1.165, 1.54) is 12.8 Å². The highest BCUT2D eigenvalue weighted by molar-refractivity contribution is 9.11. The predicted octanol–water partition coefficient (Wildman–Crippen LogP) is 3.75. The lowest BCUT2D eigenvalue weighted by atomic mass is 10.0. The lowest BCUT2D eigenvalue weighted by Crippen LogP contribution is -2.12. The molecule has 0 amide bonds. The molecule has 0 spiro atoms. The van der Waals surface area contributed by atoms with Crippen molar-refractivity contribution in [1.29, 1.82) is 0 Å². The van der Waals surface area contributed by atoms with Crippen LogP contribution in [0.4, 0.5) is 0 Å². The Balaban J connectivity index is 0.00000112. The zero-order valence-electron chi connectivity index (χ0n) is 7.91. The van der Waals surface area contributed by atoms with Crippen LogP contribution in [0.2, 0.25) is 0 Å². The Bertz CT molecular complexity index is 369. The van der Waals surface area contributed by atoms with E-state index in [0.717, 1.165) is 10.0 Å². The molecule has 15 heavy (non-hydrogen) atoms. The molecule has 1 fully saturated rings. The molecule has 5 heteroatoms. The summed E-state index contributed by atoms with van der Waals surface area (Å²) in [5.41, 5.74) is 6.86. The molecule has 84 valence electrons. The molecule has 0 saturated heterocycles. The minimum Gasteiger partial charge on any atom is -0.506 e. The number of phenolic OH excluding ortho intramolecular Hbond substituents is 1. The Hall–Kier alpha value is 0.230. The molecule has 1 aromatic rings. The van der Waals surface area contributed by atoms with Crippen molar-refractivity contribution in [3.05, 3.63) is 26.6 Å². The summed E-state index contributed by atoms with van der Waals surface area (Å²) in [4.78, 5) is 0. The maximum absolute atomic E-state index is 9.82. The van der Waals surface area contributed by atoms with Crippen LogP contribution in [0, 0.1) is 5.92 Å². The SMILES string of the molecule is Cl.N[C@H](c1cc(Br)cc(Br)c1O)C1CC1. The highest BCUT2D eigenvalue weighted by atomic mass is 79.9. The Labute approximate surface area is 112 Å². The first-order valence-electron chi connectivity index (χ1n) is 4.53. The summed E-state index contributed by atoms with van der Waals surface area (Å²) in [6, 6.07) is 3.67. The van der Waals surface area contributed by atoms with Gasteiger partial charge < -0.3 is 10.8 Å². The van der Waals surface area contributed by atoms with Crippen molar-refractivity contribution in [1.82, 2.24) is 0 Å². The third-order valence-corrected chi connectivity index (χ3v) is 3.61. The van der Waals surface area contributed by atoms with Crippen LogP contribution in [0.5, 0.6) is 5.75 Å². The number of hydrogen-bond donors (Lipinski definition) is 2. The van der Waals surface area contributed by atoms with Gasteiger partial charge >= 0.3 is 0 Å². The molecule has 0 unspecified atom stereocenters. The minimum absolute atomic E-state index is 0. The molecule has 1 aromatic carbocycles. The summed E-state index contributed by atoms with van der Waals surface area (Å²) in [5, 5.41) is 9.82. The molecule has 1 aliphatic rings. The van der Waals surface area contributed by atoms with Gasteiger partial charge in [-0.25, -0.2) is 0 Å². The quantitative estimate of drug-likeness (QED) is 0.847. The predicted molar refractivity (Wildman–Crippen MR) is 70.4 cm³/mol. The molecular formula is C10H12Br2ClNO. The monoisotopic (exact) mass is 355 g/mol. The van der Waals surface area contributed by atoms with Crippen molar-refractivity contribution in [3.8, 4) is 5.75 Å². The molecule has 0 radical (unpaired) electrons. The highest BCUT2D eigenvalue weighted by Gasteiger charge is 2.31. The summed E-state index contributed by atoms with van der Waals surface area (Å²) in [7, 11) is 0. The molecule has 0 aliphatic heterocycles. The average molecular weight is 357 g/mol. The van der Waals surface area contributed by atoms with Gasteiger partial charge in [0.1, 0.15) is 5.75 Å². The van der Waals surface area contributed by atoms with Gasteiger partial charge in [-0.3, -0.25) is 0 Å². The second kappa shape index (κ2) is 5.04. The van der Waals surface area contributed by atoms with Crippen LogP contribution in [0.3, 0.4) is 0 Å².